The van der Waals surface area contributed by atoms with Crippen molar-refractivity contribution >= 4 is 5.96 Å². The number of rotatable bonds is 1. The monoisotopic (exact) mass is 241 g/mol. The molecule has 0 amide bonds. The predicted octanol–water partition coefficient (Wildman–Crippen LogP) is 1.71. The van der Waals surface area contributed by atoms with Crippen molar-refractivity contribution in [2.75, 3.05) is 6.54 Å². The zero-order valence-corrected chi connectivity index (χ0v) is 10.6. The molecule has 94 valence electrons. The summed E-state index contributed by atoms with van der Waals surface area (Å²) in [6.07, 6.45) is 6.07. The zero-order valence-electron chi connectivity index (χ0n) is 10.6. The molecule has 1 unspecified atom stereocenters. The highest BCUT2D eigenvalue weighted by molar-refractivity contribution is 5.82. The largest absolute Gasteiger partial charge is 0.370 e. The van der Waals surface area contributed by atoms with Crippen molar-refractivity contribution in [1.82, 2.24) is 4.90 Å². The maximum Gasteiger partial charge on any atom is 0.192 e. The molecule has 1 heterocycles. The van der Waals surface area contributed by atoms with Crippen molar-refractivity contribution in [3.8, 4) is 0 Å². The number of fused-ring (bicyclic) bond motifs is 1. The van der Waals surface area contributed by atoms with Gasteiger partial charge >= 0.3 is 0 Å². The lowest BCUT2D eigenvalue weighted by Gasteiger charge is -2.43. The Hall–Kier alpha value is -1.51. The average molecular weight is 241 g/mol. The average Bonchev–Trinajstić information content (AvgIpc) is 3.17. The van der Waals surface area contributed by atoms with E-state index in [0.717, 1.165) is 18.9 Å². The lowest BCUT2D eigenvalue weighted by Crippen LogP contribution is -2.55. The van der Waals surface area contributed by atoms with E-state index in [1.165, 1.54) is 36.8 Å². The Labute approximate surface area is 108 Å². The summed E-state index contributed by atoms with van der Waals surface area (Å²) in [5.74, 6) is 0.789. The fraction of sp³-hybridized carbons (Fsp3) is 0.533. The van der Waals surface area contributed by atoms with Crippen LogP contribution in [0.25, 0.3) is 0 Å². The van der Waals surface area contributed by atoms with Crippen LogP contribution in [0.1, 0.15) is 30.4 Å². The van der Waals surface area contributed by atoms with Crippen LogP contribution in [0.15, 0.2) is 29.3 Å². The van der Waals surface area contributed by atoms with E-state index in [9.17, 15) is 0 Å². The van der Waals surface area contributed by atoms with Gasteiger partial charge in [-0.25, -0.2) is 0 Å². The van der Waals surface area contributed by atoms with Crippen LogP contribution in [0, 0.1) is 0 Å². The van der Waals surface area contributed by atoms with Gasteiger partial charge in [-0.15, -0.1) is 0 Å². The van der Waals surface area contributed by atoms with Gasteiger partial charge in [0.05, 0.1) is 12.1 Å². The molecule has 0 saturated heterocycles. The summed E-state index contributed by atoms with van der Waals surface area (Å²) >= 11 is 0. The van der Waals surface area contributed by atoms with E-state index in [4.69, 9.17) is 5.73 Å². The first kappa shape index (κ1) is 10.4. The van der Waals surface area contributed by atoms with Gasteiger partial charge in [0.1, 0.15) is 0 Å². The molecule has 18 heavy (non-hydrogen) atoms. The highest BCUT2D eigenvalue weighted by atomic mass is 15.4. The standard InChI is InChI=1S/C15H19N3/c16-14-17-10-15(18(14)13-5-6-13)8-7-11-3-1-2-4-12(11)9-15/h1-4,13H,5-10H2,(H2,16,17). The Morgan fingerprint density at radius 3 is 2.78 bits per heavy atom. The molecule has 2 N–H and O–H groups in total. The molecule has 0 radical (unpaired) electrons. The first-order valence-electron chi connectivity index (χ1n) is 6.95. The van der Waals surface area contributed by atoms with Gasteiger partial charge in [-0.3, -0.25) is 4.99 Å². The van der Waals surface area contributed by atoms with E-state index in [1.54, 1.807) is 0 Å². The number of aryl methyl sites for hydroxylation is 1. The Kier molecular flexibility index (Phi) is 2.02. The van der Waals surface area contributed by atoms with E-state index < -0.39 is 0 Å². The van der Waals surface area contributed by atoms with E-state index in [0.29, 0.717) is 6.04 Å². The summed E-state index contributed by atoms with van der Waals surface area (Å²) in [4.78, 5) is 7.00. The molecule has 0 bridgehead atoms. The number of guanidine groups is 1. The molecule has 1 aliphatic heterocycles. The van der Waals surface area contributed by atoms with Crippen molar-refractivity contribution in [2.24, 2.45) is 10.7 Å². The normalized spacial score (nSPS) is 30.4. The third kappa shape index (κ3) is 1.39. The Bertz CT molecular complexity index is 518. The maximum absolute atomic E-state index is 6.12. The van der Waals surface area contributed by atoms with Crippen molar-refractivity contribution in [1.29, 1.82) is 0 Å². The fourth-order valence-corrected chi connectivity index (χ4v) is 3.66. The number of nitrogens with zero attached hydrogens (tertiary/aromatic N) is 2. The quantitative estimate of drug-likeness (QED) is 0.813. The summed E-state index contributed by atoms with van der Waals surface area (Å²) in [6, 6.07) is 9.51. The second-order valence-corrected chi connectivity index (χ2v) is 5.95. The number of hydrogen-bond donors (Lipinski definition) is 1. The fourth-order valence-electron chi connectivity index (χ4n) is 3.66. The van der Waals surface area contributed by atoms with Crippen LogP contribution in [-0.4, -0.2) is 29.0 Å². The summed E-state index contributed by atoms with van der Waals surface area (Å²) in [5.41, 5.74) is 9.33. The minimum absolute atomic E-state index is 0.194. The smallest absolute Gasteiger partial charge is 0.192 e. The number of hydrogen-bond acceptors (Lipinski definition) is 3. The van der Waals surface area contributed by atoms with Gasteiger partial charge in [-0.2, -0.15) is 0 Å². The SMILES string of the molecule is NC1=NCC2(CCc3ccccc3C2)N1C1CC1. The molecule has 1 spiro atoms. The summed E-state index contributed by atoms with van der Waals surface area (Å²) < 4.78 is 0. The van der Waals surface area contributed by atoms with E-state index >= 15 is 0 Å². The van der Waals surface area contributed by atoms with E-state index in [1.807, 2.05) is 0 Å². The summed E-state index contributed by atoms with van der Waals surface area (Å²) in [7, 11) is 0. The van der Waals surface area contributed by atoms with Crippen LogP contribution in [0.2, 0.25) is 0 Å². The molecular weight excluding hydrogens is 222 g/mol. The number of benzene rings is 1. The van der Waals surface area contributed by atoms with Crippen molar-refractivity contribution in [3.05, 3.63) is 35.4 Å². The molecule has 3 aliphatic rings. The van der Waals surface area contributed by atoms with Crippen LogP contribution in [0.4, 0.5) is 0 Å². The first-order chi connectivity index (χ1) is 8.78. The van der Waals surface area contributed by atoms with Crippen LogP contribution < -0.4 is 5.73 Å². The van der Waals surface area contributed by atoms with Gasteiger partial charge in [0, 0.05) is 6.04 Å². The van der Waals surface area contributed by atoms with Crippen LogP contribution in [-0.2, 0) is 12.8 Å². The van der Waals surface area contributed by atoms with Crippen molar-refractivity contribution in [2.45, 2.75) is 43.7 Å². The molecule has 2 aliphatic carbocycles. The second kappa shape index (κ2) is 3.50. The molecule has 3 nitrogen and oxygen atoms in total. The van der Waals surface area contributed by atoms with Crippen LogP contribution in [0.5, 0.6) is 0 Å². The molecule has 1 fully saturated rings. The molecule has 3 heteroatoms. The van der Waals surface area contributed by atoms with Crippen LogP contribution in [0.3, 0.4) is 0 Å². The minimum atomic E-state index is 0.194. The molecule has 0 aromatic heterocycles. The van der Waals surface area contributed by atoms with Crippen molar-refractivity contribution in [3.63, 3.8) is 0 Å². The lowest BCUT2D eigenvalue weighted by molar-refractivity contribution is 0.169. The third-order valence-electron chi connectivity index (χ3n) is 4.70. The van der Waals surface area contributed by atoms with Gasteiger partial charge in [-0.1, -0.05) is 24.3 Å². The van der Waals surface area contributed by atoms with Gasteiger partial charge in [0.25, 0.3) is 0 Å². The molecule has 4 rings (SSSR count). The van der Waals surface area contributed by atoms with E-state index in [-0.39, 0.29) is 5.54 Å². The van der Waals surface area contributed by atoms with Gasteiger partial charge in [0.2, 0.25) is 0 Å². The maximum atomic E-state index is 6.12. The van der Waals surface area contributed by atoms with Crippen LogP contribution >= 0.6 is 0 Å². The lowest BCUT2D eigenvalue weighted by atomic mass is 9.77. The molecule has 1 atom stereocenters. The molecule has 1 aromatic carbocycles. The topological polar surface area (TPSA) is 41.6 Å². The van der Waals surface area contributed by atoms with Gasteiger partial charge in [0.15, 0.2) is 5.96 Å². The minimum Gasteiger partial charge on any atom is -0.370 e. The Morgan fingerprint density at radius 1 is 1.22 bits per heavy atom. The van der Waals surface area contributed by atoms with Crippen molar-refractivity contribution < 1.29 is 0 Å². The zero-order chi connectivity index (χ0) is 12.2. The third-order valence-corrected chi connectivity index (χ3v) is 4.70. The first-order valence-corrected chi connectivity index (χ1v) is 6.95. The van der Waals surface area contributed by atoms with Gasteiger partial charge in [-0.05, 0) is 43.2 Å². The highest BCUT2D eigenvalue weighted by Gasteiger charge is 2.49. The number of nitrogens with two attached hydrogens (primary N) is 1. The Morgan fingerprint density at radius 2 is 2.00 bits per heavy atom. The molecule has 1 saturated carbocycles. The highest BCUT2D eigenvalue weighted by Crippen LogP contribution is 2.42. The van der Waals surface area contributed by atoms with E-state index in [2.05, 4.69) is 34.2 Å². The molecular formula is C15H19N3. The number of aliphatic imine (C=N–C) groups is 1. The predicted molar refractivity (Wildman–Crippen MR) is 72.5 cm³/mol. The van der Waals surface area contributed by atoms with Gasteiger partial charge < -0.3 is 10.6 Å². The summed E-state index contributed by atoms with van der Waals surface area (Å²) in [6.45, 7) is 0.893. The second-order valence-electron chi connectivity index (χ2n) is 5.95. The molecule has 1 aromatic rings. The summed E-state index contributed by atoms with van der Waals surface area (Å²) in [5, 5.41) is 0. The Balaban J connectivity index is 1.70.